The van der Waals surface area contributed by atoms with Crippen LogP contribution in [0.3, 0.4) is 0 Å². The molecule has 0 aromatic heterocycles. The Balaban J connectivity index is 2.02. The number of halogens is 1. The summed E-state index contributed by atoms with van der Waals surface area (Å²) in [5.41, 5.74) is 0.842. The molecule has 3 rings (SSSR count). The average Bonchev–Trinajstić information content (AvgIpc) is 2.97. The summed E-state index contributed by atoms with van der Waals surface area (Å²) < 4.78 is 52.9. The van der Waals surface area contributed by atoms with Gasteiger partial charge in [0.25, 0.3) is 10.0 Å². The third kappa shape index (κ3) is 7.29. The van der Waals surface area contributed by atoms with Crippen LogP contribution in [0.5, 0.6) is 11.5 Å². The van der Waals surface area contributed by atoms with Crippen LogP contribution >= 0.6 is 0 Å². The molecule has 0 saturated carbocycles. The first-order chi connectivity index (χ1) is 19.1. The molecule has 214 valence electrons. The molecule has 0 saturated heterocycles. The van der Waals surface area contributed by atoms with Crippen LogP contribution in [0.25, 0.3) is 0 Å². The van der Waals surface area contributed by atoms with Gasteiger partial charge >= 0.3 is 0 Å². The number of sulfonamides is 1. The fraction of sp³-hybridized carbons (Fsp3) is 0.310. The van der Waals surface area contributed by atoms with Crippen LogP contribution in [-0.4, -0.2) is 58.5 Å². The number of hydrogen-bond donors (Lipinski definition) is 1. The summed E-state index contributed by atoms with van der Waals surface area (Å²) in [6, 6.07) is 17.0. The highest BCUT2D eigenvalue weighted by molar-refractivity contribution is 7.92. The van der Waals surface area contributed by atoms with E-state index in [9.17, 15) is 22.4 Å². The molecule has 0 bridgehead atoms. The Morgan fingerprint density at radius 1 is 0.950 bits per heavy atom. The maximum absolute atomic E-state index is 13.9. The van der Waals surface area contributed by atoms with Gasteiger partial charge in [-0.2, -0.15) is 0 Å². The predicted octanol–water partition coefficient (Wildman–Crippen LogP) is 3.98. The smallest absolute Gasteiger partial charge is 0.264 e. The number of anilines is 1. The van der Waals surface area contributed by atoms with Crippen LogP contribution in [0.1, 0.15) is 25.8 Å². The largest absolute Gasteiger partial charge is 0.493 e. The number of nitrogens with zero attached hydrogens (tertiary/aromatic N) is 2. The minimum Gasteiger partial charge on any atom is -0.493 e. The Kier molecular flexibility index (Phi) is 10.5. The number of methoxy groups -OCH3 is 2. The number of carbonyl (C=O) groups excluding carboxylic acids is 2. The van der Waals surface area contributed by atoms with Crippen molar-refractivity contribution in [3.63, 3.8) is 0 Å². The lowest BCUT2D eigenvalue weighted by Gasteiger charge is -2.32. The molecule has 2 amide bonds. The normalized spacial score (nSPS) is 11.8. The van der Waals surface area contributed by atoms with E-state index in [0.29, 0.717) is 24.3 Å². The second-order valence-electron chi connectivity index (χ2n) is 8.98. The molecule has 11 heteroatoms. The summed E-state index contributed by atoms with van der Waals surface area (Å²) in [5.74, 6) is -0.877. The molecule has 1 atom stereocenters. The number of para-hydroxylation sites is 1. The topological polar surface area (TPSA) is 105 Å². The lowest BCUT2D eigenvalue weighted by Crippen LogP contribution is -2.51. The molecule has 0 radical (unpaired) electrons. The molecule has 0 unspecified atom stereocenters. The van der Waals surface area contributed by atoms with E-state index in [-0.39, 0.29) is 28.8 Å². The van der Waals surface area contributed by atoms with E-state index in [1.807, 2.05) is 6.92 Å². The lowest BCUT2D eigenvalue weighted by molar-refractivity contribution is -0.139. The van der Waals surface area contributed by atoms with Crippen molar-refractivity contribution in [2.45, 2.75) is 37.8 Å². The van der Waals surface area contributed by atoms with E-state index in [2.05, 4.69) is 5.32 Å². The number of ether oxygens (including phenoxy) is 2. The molecule has 9 nitrogen and oxygen atoms in total. The monoisotopic (exact) mass is 571 g/mol. The molecule has 3 aromatic carbocycles. The van der Waals surface area contributed by atoms with Crippen LogP contribution in [0.4, 0.5) is 10.1 Å². The van der Waals surface area contributed by atoms with Crippen molar-refractivity contribution in [1.82, 2.24) is 10.2 Å². The van der Waals surface area contributed by atoms with Gasteiger partial charge in [-0.25, -0.2) is 12.8 Å². The zero-order valence-corrected chi connectivity index (χ0v) is 23.8. The summed E-state index contributed by atoms with van der Waals surface area (Å²) in [4.78, 5) is 27.9. The van der Waals surface area contributed by atoms with Crippen LogP contribution in [0.2, 0.25) is 0 Å². The Bertz CT molecular complexity index is 1400. The summed E-state index contributed by atoms with van der Waals surface area (Å²) >= 11 is 0. The van der Waals surface area contributed by atoms with Crippen molar-refractivity contribution in [1.29, 1.82) is 0 Å². The van der Waals surface area contributed by atoms with Crippen molar-refractivity contribution < 1.29 is 31.9 Å². The third-order valence-corrected chi connectivity index (χ3v) is 8.02. The summed E-state index contributed by atoms with van der Waals surface area (Å²) in [5, 5.41) is 2.78. The van der Waals surface area contributed by atoms with Crippen molar-refractivity contribution in [2.75, 3.05) is 31.6 Å². The van der Waals surface area contributed by atoms with Gasteiger partial charge in [0.1, 0.15) is 18.4 Å². The molecule has 0 fully saturated rings. The zero-order chi connectivity index (χ0) is 29.3. The summed E-state index contributed by atoms with van der Waals surface area (Å²) in [6.45, 7) is 3.28. The summed E-state index contributed by atoms with van der Waals surface area (Å²) in [7, 11) is -1.45. The first kappa shape index (κ1) is 30.4. The molecule has 3 aromatic rings. The number of carbonyl (C=O) groups is 2. The van der Waals surface area contributed by atoms with Crippen molar-refractivity contribution >= 4 is 27.5 Å². The van der Waals surface area contributed by atoms with Gasteiger partial charge in [0, 0.05) is 19.2 Å². The van der Waals surface area contributed by atoms with Crippen LogP contribution < -0.4 is 19.1 Å². The van der Waals surface area contributed by atoms with E-state index >= 15 is 0 Å². The first-order valence-corrected chi connectivity index (χ1v) is 14.2. The Morgan fingerprint density at radius 3 is 2.20 bits per heavy atom. The number of amides is 2. The molecular weight excluding hydrogens is 537 g/mol. The van der Waals surface area contributed by atoms with E-state index < -0.39 is 34.3 Å². The predicted molar refractivity (Wildman–Crippen MR) is 150 cm³/mol. The fourth-order valence-electron chi connectivity index (χ4n) is 3.99. The van der Waals surface area contributed by atoms with Gasteiger partial charge in [0.05, 0.1) is 24.8 Å². The van der Waals surface area contributed by atoms with Gasteiger partial charge in [0.2, 0.25) is 11.8 Å². The van der Waals surface area contributed by atoms with E-state index in [1.54, 1.807) is 37.3 Å². The van der Waals surface area contributed by atoms with Crippen molar-refractivity contribution in [2.24, 2.45) is 0 Å². The third-order valence-electron chi connectivity index (χ3n) is 6.25. The van der Waals surface area contributed by atoms with E-state index in [1.165, 1.54) is 61.6 Å². The zero-order valence-electron chi connectivity index (χ0n) is 23.0. The van der Waals surface area contributed by atoms with Crippen molar-refractivity contribution in [3.8, 4) is 11.5 Å². The molecule has 1 N–H and O–H groups in total. The Morgan fingerprint density at radius 2 is 1.60 bits per heavy atom. The number of nitrogens with one attached hydrogen (secondary N) is 1. The highest BCUT2D eigenvalue weighted by Crippen LogP contribution is 2.32. The summed E-state index contributed by atoms with van der Waals surface area (Å²) in [6.07, 6.45) is 0.704. The molecule has 0 aliphatic carbocycles. The second kappa shape index (κ2) is 13.8. The van der Waals surface area contributed by atoms with Gasteiger partial charge in [0.15, 0.2) is 11.5 Å². The van der Waals surface area contributed by atoms with Gasteiger partial charge in [-0.1, -0.05) is 37.3 Å². The second-order valence-corrected chi connectivity index (χ2v) is 10.8. The molecule has 0 heterocycles. The van der Waals surface area contributed by atoms with Crippen LogP contribution in [0.15, 0.2) is 77.7 Å². The molecule has 0 aliphatic heterocycles. The Hall–Kier alpha value is -4.12. The quantitative estimate of drug-likeness (QED) is 0.333. The molecule has 0 spiro atoms. The molecular formula is C29H34FN3O6S. The fourth-order valence-corrected chi connectivity index (χ4v) is 5.42. The van der Waals surface area contributed by atoms with Crippen molar-refractivity contribution in [3.05, 3.63) is 84.2 Å². The highest BCUT2D eigenvalue weighted by atomic mass is 32.2. The van der Waals surface area contributed by atoms with Gasteiger partial charge < -0.3 is 19.7 Å². The standard InChI is InChI=1S/C29H34FN3O6S/c1-5-17-31-29(35)21(2)32(19-22-11-13-23(30)14-12-22)28(34)20-33(24-9-7-6-8-10-24)40(36,37)25-15-16-26(38-3)27(18-25)39-4/h6-16,18,21H,5,17,19-20H2,1-4H3,(H,31,35)/t21-/m1/s1. The van der Waals surface area contributed by atoms with Gasteiger partial charge in [-0.3, -0.25) is 13.9 Å². The minimum atomic E-state index is -4.28. The highest BCUT2D eigenvalue weighted by Gasteiger charge is 2.33. The molecule has 40 heavy (non-hydrogen) atoms. The van der Waals surface area contributed by atoms with Gasteiger partial charge in [-0.05, 0) is 55.3 Å². The molecule has 0 aliphatic rings. The first-order valence-electron chi connectivity index (χ1n) is 12.7. The van der Waals surface area contributed by atoms with E-state index in [0.717, 1.165) is 4.31 Å². The number of hydrogen-bond acceptors (Lipinski definition) is 6. The van der Waals surface area contributed by atoms with E-state index in [4.69, 9.17) is 9.47 Å². The SMILES string of the molecule is CCCNC(=O)[C@@H](C)N(Cc1ccc(F)cc1)C(=O)CN(c1ccccc1)S(=O)(=O)c1ccc(OC)c(OC)c1. The number of benzene rings is 3. The number of rotatable bonds is 13. The maximum atomic E-state index is 13.9. The van der Waals surface area contributed by atoms with Gasteiger partial charge in [-0.15, -0.1) is 0 Å². The Labute approximate surface area is 234 Å². The van der Waals surface area contributed by atoms with Crippen LogP contribution in [0, 0.1) is 5.82 Å². The lowest BCUT2D eigenvalue weighted by atomic mass is 10.1. The minimum absolute atomic E-state index is 0.0289. The average molecular weight is 572 g/mol. The maximum Gasteiger partial charge on any atom is 0.264 e. The van der Waals surface area contributed by atoms with Crippen LogP contribution in [-0.2, 0) is 26.2 Å².